The molecule has 1 amide bonds. The number of amides is 1. The fourth-order valence-corrected chi connectivity index (χ4v) is 1.22. The zero-order valence-corrected chi connectivity index (χ0v) is 9.07. The summed E-state index contributed by atoms with van der Waals surface area (Å²) in [5.41, 5.74) is 3.41. The molecule has 15 heavy (non-hydrogen) atoms. The average Bonchev–Trinajstić information content (AvgIpc) is 1.94. The number of hydrogen-bond donors (Lipinski definition) is 1. The van der Waals surface area contributed by atoms with Gasteiger partial charge in [0, 0.05) is 13.1 Å². The Kier molecular flexibility index (Phi) is 2.65. The van der Waals surface area contributed by atoms with E-state index in [0.717, 1.165) is 0 Å². The van der Waals surface area contributed by atoms with Crippen LogP contribution in [-0.4, -0.2) is 41.2 Å². The molecule has 6 nitrogen and oxygen atoms in total. The molecule has 0 unspecified atom stereocenters. The van der Waals surface area contributed by atoms with Gasteiger partial charge in [-0.05, 0) is 20.8 Å². The molecule has 1 heterocycles. The first-order valence-corrected chi connectivity index (χ1v) is 4.62. The second-order valence-corrected chi connectivity index (χ2v) is 4.78. The summed E-state index contributed by atoms with van der Waals surface area (Å²) in [7, 11) is 0. The van der Waals surface area contributed by atoms with Gasteiger partial charge in [-0.2, -0.15) is 0 Å². The van der Waals surface area contributed by atoms with Gasteiger partial charge in [0.1, 0.15) is 5.60 Å². The molecule has 0 atom stereocenters. The molecule has 86 valence electrons. The van der Waals surface area contributed by atoms with E-state index in [0.29, 0.717) is 0 Å². The highest BCUT2D eigenvalue weighted by Gasteiger charge is 2.44. The lowest BCUT2D eigenvalue weighted by atomic mass is 9.92. The van der Waals surface area contributed by atoms with Crippen LogP contribution in [0, 0.1) is 0 Å². The number of hydrogen-bond acceptors (Lipinski definition) is 5. The van der Waals surface area contributed by atoms with Crippen LogP contribution in [0.3, 0.4) is 0 Å². The lowest BCUT2D eigenvalue weighted by molar-refractivity contribution is -0.317. The number of carbonyl (C=O) groups is 2. The molecular formula is C9H15N2O4-. The Labute approximate surface area is 88.0 Å². The van der Waals surface area contributed by atoms with Crippen molar-refractivity contribution in [3.05, 3.63) is 0 Å². The number of aliphatic carboxylic acids is 1. The van der Waals surface area contributed by atoms with Crippen LogP contribution in [0.4, 0.5) is 4.79 Å². The summed E-state index contributed by atoms with van der Waals surface area (Å²) in [5, 5.41) is 10.5. The minimum atomic E-state index is -1.42. The summed E-state index contributed by atoms with van der Waals surface area (Å²) in [5.74, 6) is -1.35. The van der Waals surface area contributed by atoms with Gasteiger partial charge >= 0.3 is 6.09 Å². The van der Waals surface area contributed by atoms with Crippen LogP contribution in [0.1, 0.15) is 20.8 Å². The van der Waals surface area contributed by atoms with Crippen molar-refractivity contribution >= 4 is 12.1 Å². The van der Waals surface area contributed by atoms with Crippen LogP contribution in [0.2, 0.25) is 0 Å². The SMILES string of the molecule is CC(C)(C)OC(=O)N1CC(N)(C(=O)[O-])C1. The lowest BCUT2D eigenvalue weighted by Crippen LogP contribution is -2.75. The largest absolute Gasteiger partial charge is 0.548 e. The normalized spacial score (nSPS) is 19.3. The minimum absolute atomic E-state index is 0.0652. The van der Waals surface area contributed by atoms with Crippen molar-refractivity contribution in [3.8, 4) is 0 Å². The second-order valence-electron chi connectivity index (χ2n) is 4.78. The van der Waals surface area contributed by atoms with Crippen LogP contribution in [0.5, 0.6) is 0 Å². The fourth-order valence-electron chi connectivity index (χ4n) is 1.22. The predicted molar refractivity (Wildman–Crippen MR) is 49.7 cm³/mol. The third-order valence-electron chi connectivity index (χ3n) is 2.00. The number of nitrogens with zero attached hydrogens (tertiary/aromatic N) is 1. The van der Waals surface area contributed by atoms with Crippen molar-refractivity contribution in [2.45, 2.75) is 31.9 Å². The molecule has 0 aliphatic carbocycles. The fraction of sp³-hybridized carbons (Fsp3) is 0.778. The van der Waals surface area contributed by atoms with E-state index in [1.807, 2.05) is 0 Å². The molecule has 0 aromatic heterocycles. The van der Waals surface area contributed by atoms with E-state index < -0.39 is 23.2 Å². The summed E-state index contributed by atoms with van der Waals surface area (Å²) < 4.78 is 5.03. The lowest BCUT2D eigenvalue weighted by Gasteiger charge is -2.47. The van der Waals surface area contributed by atoms with Crippen LogP contribution >= 0.6 is 0 Å². The number of rotatable bonds is 1. The zero-order valence-electron chi connectivity index (χ0n) is 9.07. The Balaban J connectivity index is 2.46. The highest BCUT2D eigenvalue weighted by Crippen LogP contribution is 2.20. The van der Waals surface area contributed by atoms with Gasteiger partial charge in [0.15, 0.2) is 0 Å². The number of nitrogens with two attached hydrogens (primary N) is 1. The summed E-state index contributed by atoms with van der Waals surface area (Å²) in [6, 6.07) is 0. The van der Waals surface area contributed by atoms with E-state index in [1.54, 1.807) is 20.8 Å². The maximum absolute atomic E-state index is 11.4. The third-order valence-corrected chi connectivity index (χ3v) is 2.00. The summed E-state index contributed by atoms with van der Waals surface area (Å²) in [6.45, 7) is 5.08. The summed E-state index contributed by atoms with van der Waals surface area (Å²) in [6.07, 6.45) is -0.551. The quantitative estimate of drug-likeness (QED) is 0.585. The molecule has 2 N–H and O–H groups in total. The van der Waals surface area contributed by atoms with Crippen LogP contribution in [-0.2, 0) is 9.53 Å². The first-order valence-electron chi connectivity index (χ1n) is 4.62. The zero-order chi connectivity index (χ0) is 11.9. The van der Waals surface area contributed by atoms with Crippen molar-refractivity contribution in [2.75, 3.05) is 13.1 Å². The van der Waals surface area contributed by atoms with Crippen molar-refractivity contribution in [1.29, 1.82) is 0 Å². The number of carbonyl (C=O) groups excluding carboxylic acids is 2. The molecule has 1 saturated heterocycles. The average molecular weight is 215 g/mol. The molecule has 1 rings (SSSR count). The molecule has 1 aliphatic rings. The van der Waals surface area contributed by atoms with Crippen LogP contribution in [0.25, 0.3) is 0 Å². The molecule has 0 bridgehead atoms. The molecule has 0 radical (unpaired) electrons. The van der Waals surface area contributed by atoms with Gasteiger partial charge in [-0.15, -0.1) is 0 Å². The molecule has 0 aromatic carbocycles. The molecule has 1 fully saturated rings. The predicted octanol–water partition coefficient (Wildman–Crippen LogP) is -1.32. The van der Waals surface area contributed by atoms with Crippen molar-refractivity contribution in [2.24, 2.45) is 5.73 Å². The van der Waals surface area contributed by atoms with Gasteiger partial charge in [-0.25, -0.2) is 4.79 Å². The van der Waals surface area contributed by atoms with Gasteiger partial charge in [-0.1, -0.05) is 0 Å². The molecule has 0 saturated carbocycles. The Morgan fingerprint density at radius 2 is 1.87 bits per heavy atom. The molecule has 1 aliphatic heterocycles. The van der Waals surface area contributed by atoms with Gasteiger partial charge in [0.25, 0.3) is 0 Å². The van der Waals surface area contributed by atoms with E-state index >= 15 is 0 Å². The maximum atomic E-state index is 11.4. The monoisotopic (exact) mass is 215 g/mol. The molecule has 6 heteroatoms. The number of carboxylic acids is 1. The molecule has 0 aromatic rings. The molecule has 0 spiro atoms. The van der Waals surface area contributed by atoms with Crippen molar-refractivity contribution in [1.82, 2.24) is 4.90 Å². The van der Waals surface area contributed by atoms with Crippen LogP contribution < -0.4 is 10.8 Å². The first kappa shape index (κ1) is 11.8. The highest BCUT2D eigenvalue weighted by molar-refractivity contribution is 5.82. The van der Waals surface area contributed by atoms with Gasteiger partial charge < -0.3 is 25.3 Å². The highest BCUT2D eigenvalue weighted by atomic mass is 16.6. The maximum Gasteiger partial charge on any atom is 0.410 e. The van der Waals surface area contributed by atoms with E-state index in [1.165, 1.54) is 4.90 Å². The molecular weight excluding hydrogens is 200 g/mol. The Morgan fingerprint density at radius 3 is 2.20 bits per heavy atom. The summed E-state index contributed by atoms with van der Waals surface area (Å²) in [4.78, 5) is 23.2. The van der Waals surface area contributed by atoms with Crippen molar-refractivity contribution in [3.63, 3.8) is 0 Å². The van der Waals surface area contributed by atoms with Crippen LogP contribution in [0.15, 0.2) is 0 Å². The Morgan fingerprint density at radius 1 is 1.40 bits per heavy atom. The minimum Gasteiger partial charge on any atom is -0.548 e. The van der Waals surface area contributed by atoms with E-state index in [4.69, 9.17) is 10.5 Å². The first-order chi connectivity index (χ1) is 6.64. The van der Waals surface area contributed by atoms with E-state index in [9.17, 15) is 14.7 Å². The second kappa shape index (κ2) is 3.37. The van der Waals surface area contributed by atoms with Gasteiger partial charge in [0.05, 0.1) is 11.5 Å². The standard InChI is InChI=1S/C9H16N2O4/c1-8(2,3)15-7(14)11-4-9(10,5-11)6(12)13/h4-5,10H2,1-3H3,(H,12,13)/p-1. The van der Waals surface area contributed by atoms with Gasteiger partial charge in [0.2, 0.25) is 0 Å². The van der Waals surface area contributed by atoms with E-state index in [-0.39, 0.29) is 13.1 Å². The summed E-state index contributed by atoms with van der Waals surface area (Å²) >= 11 is 0. The smallest absolute Gasteiger partial charge is 0.410 e. The Bertz CT molecular complexity index is 289. The van der Waals surface area contributed by atoms with Crippen molar-refractivity contribution < 1.29 is 19.4 Å². The van der Waals surface area contributed by atoms with Gasteiger partial charge in [-0.3, -0.25) is 0 Å². The topological polar surface area (TPSA) is 95.7 Å². The number of ether oxygens (including phenoxy) is 1. The Hall–Kier alpha value is -1.30. The third kappa shape index (κ3) is 2.59. The number of carboxylic acid groups (broad SMARTS) is 1. The van der Waals surface area contributed by atoms with E-state index in [2.05, 4.69) is 0 Å². The number of likely N-dealkylation sites (tertiary alicyclic amines) is 1.